The summed E-state index contributed by atoms with van der Waals surface area (Å²) in [5.74, 6) is 0. The first-order valence-electron chi connectivity index (χ1n) is 4.02. The van der Waals surface area contributed by atoms with Gasteiger partial charge in [0.15, 0.2) is 0 Å². The average molecular weight is 203 g/mol. The Bertz CT molecular complexity index is 257. The molecule has 1 aliphatic rings. The van der Waals surface area contributed by atoms with Gasteiger partial charge >= 0.3 is 0 Å². The molecule has 0 aliphatic carbocycles. The van der Waals surface area contributed by atoms with Crippen LogP contribution in [-0.4, -0.2) is 19.1 Å². The molecule has 66 valence electrons. The van der Waals surface area contributed by atoms with Crippen LogP contribution < -0.4 is 10.6 Å². The molecule has 4 heteroatoms. The van der Waals surface area contributed by atoms with Crippen LogP contribution in [0.5, 0.6) is 0 Å². The Morgan fingerprint density at radius 1 is 1.67 bits per heavy atom. The summed E-state index contributed by atoms with van der Waals surface area (Å²) in [6.45, 7) is 3.07. The lowest BCUT2D eigenvalue weighted by Gasteiger charge is -2.28. The molecule has 1 saturated heterocycles. The Balaban J connectivity index is 1.82. The van der Waals surface area contributed by atoms with Gasteiger partial charge in [-0.2, -0.15) is 0 Å². The second-order valence-electron chi connectivity index (χ2n) is 2.96. The van der Waals surface area contributed by atoms with Crippen molar-refractivity contribution in [2.75, 3.05) is 13.1 Å². The molecule has 2 heterocycles. The first kappa shape index (κ1) is 8.51. The van der Waals surface area contributed by atoms with Gasteiger partial charge in [0.25, 0.3) is 0 Å². The molecule has 12 heavy (non-hydrogen) atoms. The predicted molar refractivity (Wildman–Crippen MR) is 52.8 cm³/mol. The number of hydrogen-bond donors (Lipinski definition) is 2. The third-order valence-electron chi connectivity index (χ3n) is 2.06. The predicted octanol–water partition coefficient (Wildman–Crippen LogP) is 1.46. The largest absolute Gasteiger partial charge is 0.314 e. The fraction of sp³-hybridized carbons (Fsp3) is 0.500. The number of thiophene rings is 1. The van der Waals surface area contributed by atoms with E-state index < -0.39 is 0 Å². The van der Waals surface area contributed by atoms with Crippen LogP contribution in [0.3, 0.4) is 0 Å². The molecule has 1 fully saturated rings. The lowest BCUT2D eigenvalue weighted by Crippen LogP contribution is -2.54. The molecule has 1 aromatic rings. The van der Waals surface area contributed by atoms with E-state index in [0.29, 0.717) is 6.04 Å². The quantitative estimate of drug-likeness (QED) is 0.776. The van der Waals surface area contributed by atoms with Crippen LogP contribution in [0.1, 0.15) is 5.56 Å². The van der Waals surface area contributed by atoms with E-state index in [-0.39, 0.29) is 0 Å². The van der Waals surface area contributed by atoms with Crippen LogP contribution in [-0.2, 0) is 6.54 Å². The zero-order valence-corrected chi connectivity index (χ0v) is 8.21. The Morgan fingerprint density at radius 2 is 2.50 bits per heavy atom. The summed E-state index contributed by atoms with van der Waals surface area (Å²) in [6, 6.07) is 2.72. The number of nitrogens with one attached hydrogen (secondary N) is 2. The minimum atomic E-state index is 0.640. The smallest absolute Gasteiger partial charge is 0.0973 e. The van der Waals surface area contributed by atoms with Crippen molar-refractivity contribution < 1.29 is 0 Å². The van der Waals surface area contributed by atoms with E-state index in [2.05, 4.69) is 16.7 Å². The van der Waals surface area contributed by atoms with Crippen LogP contribution in [0.15, 0.2) is 11.4 Å². The van der Waals surface area contributed by atoms with Crippen LogP contribution in [0.4, 0.5) is 0 Å². The monoisotopic (exact) mass is 202 g/mol. The van der Waals surface area contributed by atoms with Crippen molar-refractivity contribution in [1.82, 2.24) is 10.6 Å². The highest BCUT2D eigenvalue weighted by atomic mass is 35.5. The molecule has 2 N–H and O–H groups in total. The first-order valence-corrected chi connectivity index (χ1v) is 5.28. The van der Waals surface area contributed by atoms with E-state index >= 15 is 0 Å². The number of halogens is 1. The summed E-state index contributed by atoms with van der Waals surface area (Å²) < 4.78 is 0.912. The van der Waals surface area contributed by atoms with Crippen molar-refractivity contribution in [2.24, 2.45) is 0 Å². The molecule has 1 aliphatic heterocycles. The molecular formula is C8H11ClN2S. The second kappa shape index (κ2) is 3.75. The van der Waals surface area contributed by atoms with E-state index in [4.69, 9.17) is 11.6 Å². The minimum absolute atomic E-state index is 0.640. The third kappa shape index (κ3) is 1.80. The van der Waals surface area contributed by atoms with E-state index in [1.54, 1.807) is 11.3 Å². The lowest BCUT2D eigenvalue weighted by molar-refractivity contribution is 0.365. The highest BCUT2D eigenvalue weighted by molar-refractivity contribution is 7.14. The van der Waals surface area contributed by atoms with E-state index in [0.717, 1.165) is 24.0 Å². The standard InChI is InChI=1S/C8H11ClN2S/c9-8-6(1-2-12-8)3-11-7-4-10-5-7/h1-2,7,10-11H,3-5H2. The zero-order chi connectivity index (χ0) is 8.39. The summed E-state index contributed by atoms with van der Waals surface area (Å²) >= 11 is 7.54. The molecule has 0 unspecified atom stereocenters. The van der Waals surface area contributed by atoms with Crippen molar-refractivity contribution in [1.29, 1.82) is 0 Å². The van der Waals surface area contributed by atoms with Gasteiger partial charge in [0.05, 0.1) is 4.34 Å². The number of rotatable bonds is 3. The average Bonchev–Trinajstić information content (AvgIpc) is 2.33. The van der Waals surface area contributed by atoms with Gasteiger partial charge in [-0.1, -0.05) is 11.6 Å². The summed E-state index contributed by atoms with van der Waals surface area (Å²) in [5.41, 5.74) is 1.22. The van der Waals surface area contributed by atoms with Crippen LogP contribution in [0.2, 0.25) is 4.34 Å². The molecule has 0 bridgehead atoms. The van der Waals surface area contributed by atoms with Crippen molar-refractivity contribution in [3.63, 3.8) is 0 Å². The van der Waals surface area contributed by atoms with Crippen molar-refractivity contribution in [3.05, 3.63) is 21.3 Å². The minimum Gasteiger partial charge on any atom is -0.314 e. The molecule has 0 spiro atoms. The molecule has 0 atom stereocenters. The van der Waals surface area contributed by atoms with Crippen molar-refractivity contribution >= 4 is 22.9 Å². The van der Waals surface area contributed by atoms with E-state index in [9.17, 15) is 0 Å². The van der Waals surface area contributed by atoms with Gasteiger partial charge in [0.1, 0.15) is 0 Å². The van der Waals surface area contributed by atoms with Gasteiger partial charge in [0.2, 0.25) is 0 Å². The van der Waals surface area contributed by atoms with Gasteiger partial charge < -0.3 is 10.6 Å². The Kier molecular flexibility index (Phi) is 2.66. The maximum atomic E-state index is 5.95. The molecule has 1 aromatic heterocycles. The van der Waals surface area contributed by atoms with Crippen molar-refractivity contribution in [2.45, 2.75) is 12.6 Å². The molecule has 0 amide bonds. The Labute approximate surface area is 80.9 Å². The summed E-state index contributed by atoms with van der Waals surface area (Å²) in [5, 5.41) is 8.66. The molecule has 2 rings (SSSR count). The van der Waals surface area contributed by atoms with E-state index in [1.807, 2.05) is 5.38 Å². The topological polar surface area (TPSA) is 24.1 Å². The molecule has 2 nitrogen and oxygen atoms in total. The van der Waals surface area contributed by atoms with Crippen molar-refractivity contribution in [3.8, 4) is 0 Å². The van der Waals surface area contributed by atoms with Gasteiger partial charge in [-0.15, -0.1) is 11.3 Å². The number of hydrogen-bond acceptors (Lipinski definition) is 3. The SMILES string of the molecule is Clc1sccc1CNC1CNC1. The fourth-order valence-electron chi connectivity index (χ4n) is 1.13. The molecule has 0 radical (unpaired) electrons. The van der Waals surface area contributed by atoms with Crippen LogP contribution in [0.25, 0.3) is 0 Å². The lowest BCUT2D eigenvalue weighted by atomic mass is 10.2. The summed E-state index contributed by atoms with van der Waals surface area (Å²) in [7, 11) is 0. The molecule has 0 saturated carbocycles. The molecular weight excluding hydrogens is 192 g/mol. The second-order valence-corrected chi connectivity index (χ2v) is 4.47. The first-order chi connectivity index (χ1) is 5.86. The third-order valence-corrected chi connectivity index (χ3v) is 3.31. The highest BCUT2D eigenvalue weighted by Gasteiger charge is 2.15. The summed E-state index contributed by atoms with van der Waals surface area (Å²) in [6.07, 6.45) is 0. The van der Waals surface area contributed by atoms with Crippen LogP contribution >= 0.6 is 22.9 Å². The molecule has 0 aromatic carbocycles. The summed E-state index contributed by atoms with van der Waals surface area (Å²) in [4.78, 5) is 0. The maximum absolute atomic E-state index is 5.95. The van der Waals surface area contributed by atoms with Gasteiger partial charge in [-0.25, -0.2) is 0 Å². The fourth-order valence-corrected chi connectivity index (χ4v) is 2.06. The highest BCUT2D eigenvalue weighted by Crippen LogP contribution is 2.22. The normalized spacial score (nSPS) is 17.8. The maximum Gasteiger partial charge on any atom is 0.0973 e. The zero-order valence-electron chi connectivity index (χ0n) is 6.64. The Morgan fingerprint density at radius 3 is 3.00 bits per heavy atom. The van der Waals surface area contributed by atoms with E-state index in [1.165, 1.54) is 5.56 Å². The van der Waals surface area contributed by atoms with Crippen LogP contribution in [0, 0.1) is 0 Å². The van der Waals surface area contributed by atoms with Gasteiger partial charge in [-0.05, 0) is 17.0 Å². The Hall–Kier alpha value is -0.0900. The van der Waals surface area contributed by atoms with Gasteiger partial charge in [0, 0.05) is 25.7 Å². The van der Waals surface area contributed by atoms with Gasteiger partial charge in [-0.3, -0.25) is 0 Å².